The van der Waals surface area contributed by atoms with Crippen molar-refractivity contribution in [3.8, 4) is 17.1 Å². The number of ether oxygens (including phenoxy) is 1. The first-order valence-electron chi connectivity index (χ1n) is 5.26. The lowest BCUT2D eigenvalue weighted by atomic mass is 10.3. The monoisotopic (exact) mass is 307 g/mol. The Morgan fingerprint density at radius 3 is 2.72 bits per heavy atom. The van der Waals surface area contributed by atoms with Gasteiger partial charge in [0, 0.05) is 18.8 Å². The smallest absolute Gasteiger partial charge is 0.241 e. The fourth-order valence-corrected chi connectivity index (χ4v) is 2.22. The van der Waals surface area contributed by atoms with Crippen LogP contribution in [-0.2, 0) is 7.05 Å². The second-order valence-corrected chi connectivity index (χ2v) is 4.68. The zero-order chi connectivity index (χ0) is 12.7. The molecule has 0 atom stereocenters. The molecule has 0 unspecified atom stereocenters. The molecule has 3 aromatic heterocycles. The highest BCUT2D eigenvalue weighted by Gasteiger charge is 2.13. The summed E-state index contributed by atoms with van der Waals surface area (Å²) in [6, 6.07) is 0. The summed E-state index contributed by atoms with van der Waals surface area (Å²) < 4.78 is 9.62. The molecule has 0 aliphatic heterocycles. The highest BCUT2D eigenvalue weighted by Crippen LogP contribution is 2.28. The molecule has 7 heteroatoms. The molecular weight excluding hydrogens is 298 g/mol. The van der Waals surface area contributed by atoms with Crippen molar-refractivity contribution >= 4 is 21.4 Å². The SMILES string of the molecule is COc1nc(-c2cnn(C)c2)cn2ncc(Br)c12. The maximum Gasteiger partial charge on any atom is 0.241 e. The number of hydrogen-bond donors (Lipinski definition) is 0. The van der Waals surface area contributed by atoms with Gasteiger partial charge >= 0.3 is 0 Å². The van der Waals surface area contributed by atoms with Crippen molar-refractivity contribution in [3.05, 3.63) is 29.3 Å². The molecule has 0 bridgehead atoms. The predicted molar refractivity (Wildman–Crippen MR) is 69.4 cm³/mol. The van der Waals surface area contributed by atoms with Gasteiger partial charge in [0.25, 0.3) is 0 Å². The van der Waals surface area contributed by atoms with Crippen molar-refractivity contribution in [2.24, 2.45) is 7.05 Å². The molecule has 0 saturated heterocycles. The number of rotatable bonds is 2. The topological polar surface area (TPSA) is 57.2 Å². The van der Waals surface area contributed by atoms with E-state index in [1.165, 1.54) is 0 Å². The van der Waals surface area contributed by atoms with Gasteiger partial charge in [-0.2, -0.15) is 10.2 Å². The number of nitrogens with zero attached hydrogens (tertiary/aromatic N) is 5. The average Bonchev–Trinajstić information content (AvgIpc) is 2.95. The maximum absolute atomic E-state index is 5.31. The molecule has 0 saturated carbocycles. The second-order valence-electron chi connectivity index (χ2n) is 3.82. The summed E-state index contributed by atoms with van der Waals surface area (Å²) in [5.41, 5.74) is 2.50. The lowest BCUT2D eigenvalue weighted by Gasteiger charge is -2.05. The Labute approximate surface area is 111 Å². The summed E-state index contributed by atoms with van der Waals surface area (Å²) in [6.07, 6.45) is 7.21. The number of methoxy groups -OCH3 is 1. The second kappa shape index (κ2) is 4.09. The van der Waals surface area contributed by atoms with Crippen molar-refractivity contribution in [2.45, 2.75) is 0 Å². The Balaban J connectivity index is 2.26. The Hall–Kier alpha value is -1.89. The first-order chi connectivity index (χ1) is 8.69. The van der Waals surface area contributed by atoms with Gasteiger partial charge in [0.15, 0.2) is 0 Å². The molecule has 3 aromatic rings. The Kier molecular flexibility index (Phi) is 2.55. The summed E-state index contributed by atoms with van der Waals surface area (Å²) in [5.74, 6) is 0.528. The summed E-state index contributed by atoms with van der Waals surface area (Å²) in [4.78, 5) is 4.47. The van der Waals surface area contributed by atoms with Gasteiger partial charge < -0.3 is 4.74 Å². The van der Waals surface area contributed by atoms with Crippen LogP contribution < -0.4 is 4.74 Å². The largest absolute Gasteiger partial charge is 0.479 e. The third-order valence-corrected chi connectivity index (χ3v) is 3.19. The normalized spacial score (nSPS) is 11.1. The summed E-state index contributed by atoms with van der Waals surface area (Å²) >= 11 is 3.42. The number of halogens is 1. The molecule has 0 radical (unpaired) electrons. The minimum Gasteiger partial charge on any atom is -0.479 e. The van der Waals surface area contributed by atoms with Crippen LogP contribution in [0.4, 0.5) is 0 Å². The fourth-order valence-electron chi connectivity index (χ4n) is 1.78. The number of fused-ring (bicyclic) bond motifs is 1. The Bertz CT molecular complexity index is 717. The van der Waals surface area contributed by atoms with Crippen LogP contribution >= 0.6 is 15.9 Å². The Morgan fingerprint density at radius 1 is 1.22 bits per heavy atom. The van der Waals surface area contributed by atoms with E-state index < -0.39 is 0 Å². The van der Waals surface area contributed by atoms with Gasteiger partial charge in [-0.05, 0) is 15.9 Å². The average molecular weight is 308 g/mol. The van der Waals surface area contributed by atoms with E-state index in [1.54, 1.807) is 28.7 Å². The molecule has 3 heterocycles. The van der Waals surface area contributed by atoms with Crippen LogP contribution in [0.2, 0.25) is 0 Å². The predicted octanol–water partition coefficient (Wildman–Crippen LogP) is 1.90. The molecule has 0 fully saturated rings. The van der Waals surface area contributed by atoms with E-state index in [0.717, 1.165) is 21.2 Å². The molecule has 0 amide bonds. The van der Waals surface area contributed by atoms with Crippen molar-refractivity contribution in [2.75, 3.05) is 7.11 Å². The standard InChI is InChI=1S/C11H10BrN5O/c1-16-5-7(3-13-16)9-6-17-10(8(12)4-14-17)11(15-9)18-2/h3-6H,1-2H3. The zero-order valence-corrected chi connectivity index (χ0v) is 11.4. The third kappa shape index (κ3) is 1.67. The first kappa shape index (κ1) is 11.2. The van der Waals surface area contributed by atoms with Gasteiger partial charge in [-0.15, -0.1) is 0 Å². The molecule has 6 nitrogen and oxygen atoms in total. The van der Waals surface area contributed by atoms with Crippen molar-refractivity contribution in [1.29, 1.82) is 0 Å². The van der Waals surface area contributed by atoms with Crippen molar-refractivity contribution in [1.82, 2.24) is 24.4 Å². The zero-order valence-electron chi connectivity index (χ0n) is 9.83. The highest BCUT2D eigenvalue weighted by molar-refractivity contribution is 9.10. The molecule has 3 rings (SSSR count). The highest BCUT2D eigenvalue weighted by atomic mass is 79.9. The van der Waals surface area contributed by atoms with E-state index in [-0.39, 0.29) is 0 Å². The molecule has 0 N–H and O–H groups in total. The van der Waals surface area contributed by atoms with Crippen LogP contribution in [0.1, 0.15) is 0 Å². The molecule has 92 valence electrons. The molecular formula is C11H10BrN5O. The van der Waals surface area contributed by atoms with Gasteiger partial charge in [-0.25, -0.2) is 9.50 Å². The minimum absolute atomic E-state index is 0.528. The number of hydrogen-bond acceptors (Lipinski definition) is 4. The Morgan fingerprint density at radius 2 is 2.06 bits per heavy atom. The van der Waals surface area contributed by atoms with Crippen LogP contribution in [0.5, 0.6) is 5.88 Å². The number of aryl methyl sites for hydroxylation is 1. The van der Waals surface area contributed by atoms with Gasteiger partial charge in [-0.1, -0.05) is 0 Å². The maximum atomic E-state index is 5.31. The lowest BCUT2D eigenvalue weighted by molar-refractivity contribution is 0.401. The molecule has 18 heavy (non-hydrogen) atoms. The van der Waals surface area contributed by atoms with Gasteiger partial charge in [-0.3, -0.25) is 4.68 Å². The molecule has 0 aliphatic rings. The fraction of sp³-hybridized carbons (Fsp3) is 0.182. The quantitative estimate of drug-likeness (QED) is 0.725. The summed E-state index contributed by atoms with van der Waals surface area (Å²) in [6.45, 7) is 0. The van der Waals surface area contributed by atoms with E-state index in [2.05, 4.69) is 31.1 Å². The molecule has 0 spiro atoms. The van der Waals surface area contributed by atoms with Crippen LogP contribution in [-0.4, -0.2) is 31.5 Å². The number of aromatic nitrogens is 5. The van der Waals surface area contributed by atoms with Crippen molar-refractivity contribution < 1.29 is 4.74 Å². The van der Waals surface area contributed by atoms with Crippen LogP contribution in [0.25, 0.3) is 16.8 Å². The molecule has 0 aromatic carbocycles. The van der Waals surface area contributed by atoms with Crippen LogP contribution in [0.15, 0.2) is 29.3 Å². The summed E-state index contributed by atoms with van der Waals surface area (Å²) in [5, 5.41) is 8.37. The van der Waals surface area contributed by atoms with Crippen LogP contribution in [0, 0.1) is 0 Å². The van der Waals surface area contributed by atoms with E-state index in [4.69, 9.17) is 4.74 Å². The van der Waals surface area contributed by atoms with Crippen molar-refractivity contribution in [3.63, 3.8) is 0 Å². The summed E-state index contributed by atoms with van der Waals surface area (Å²) in [7, 11) is 3.46. The minimum atomic E-state index is 0.528. The van der Waals surface area contributed by atoms with E-state index >= 15 is 0 Å². The third-order valence-electron chi connectivity index (χ3n) is 2.61. The van der Waals surface area contributed by atoms with E-state index in [0.29, 0.717) is 5.88 Å². The van der Waals surface area contributed by atoms with Gasteiger partial charge in [0.2, 0.25) is 5.88 Å². The van der Waals surface area contributed by atoms with Gasteiger partial charge in [0.05, 0.1) is 35.9 Å². The van der Waals surface area contributed by atoms with E-state index in [9.17, 15) is 0 Å². The first-order valence-corrected chi connectivity index (χ1v) is 6.05. The molecule has 0 aliphatic carbocycles. The van der Waals surface area contributed by atoms with Crippen LogP contribution in [0.3, 0.4) is 0 Å². The van der Waals surface area contributed by atoms with Gasteiger partial charge in [0.1, 0.15) is 5.52 Å². The van der Waals surface area contributed by atoms with E-state index in [1.807, 2.05) is 19.4 Å². The lowest BCUT2D eigenvalue weighted by Crippen LogP contribution is -1.97.